The molecule has 6 nitrogen and oxygen atoms in total. The first-order valence-corrected chi connectivity index (χ1v) is 9.09. The number of aromatic nitrogens is 2. The molecule has 142 valence electrons. The summed E-state index contributed by atoms with van der Waals surface area (Å²) in [5.41, 5.74) is 1.49. The molecule has 26 heavy (non-hydrogen) atoms. The number of halogens is 1. The molecule has 1 heterocycles. The maximum absolute atomic E-state index is 13.6. The molecule has 7 heteroatoms. The van der Waals surface area contributed by atoms with E-state index >= 15 is 0 Å². The van der Waals surface area contributed by atoms with Crippen LogP contribution in [0.2, 0.25) is 0 Å². The number of aliphatic imine (C=N–C) groups is 1. The monoisotopic (exact) mass is 361 g/mol. The average Bonchev–Trinajstić information content (AvgIpc) is 3.08. The van der Waals surface area contributed by atoms with E-state index in [1.165, 1.54) is 6.07 Å². The van der Waals surface area contributed by atoms with E-state index in [1.807, 2.05) is 26.8 Å². The molecule has 0 saturated carbocycles. The molecule has 0 aliphatic rings. The van der Waals surface area contributed by atoms with Crippen molar-refractivity contribution in [1.29, 1.82) is 0 Å². The molecule has 2 N–H and O–H groups in total. The van der Waals surface area contributed by atoms with Crippen LogP contribution in [0.3, 0.4) is 0 Å². The minimum absolute atomic E-state index is 0.198. The molecule has 1 aromatic heterocycles. The van der Waals surface area contributed by atoms with Gasteiger partial charge in [-0.15, -0.1) is 0 Å². The Morgan fingerprint density at radius 2 is 2.12 bits per heavy atom. The molecule has 0 fully saturated rings. The Morgan fingerprint density at radius 3 is 2.77 bits per heavy atom. The second kappa shape index (κ2) is 9.89. The van der Waals surface area contributed by atoms with Crippen molar-refractivity contribution in [2.75, 3.05) is 13.1 Å². The van der Waals surface area contributed by atoms with Gasteiger partial charge in [-0.2, -0.15) is 4.98 Å². The van der Waals surface area contributed by atoms with Crippen LogP contribution in [-0.4, -0.2) is 29.2 Å². The highest BCUT2D eigenvalue weighted by Gasteiger charge is 2.09. The van der Waals surface area contributed by atoms with Gasteiger partial charge in [-0.25, -0.2) is 9.38 Å². The highest BCUT2D eigenvalue weighted by atomic mass is 19.1. The third-order valence-corrected chi connectivity index (χ3v) is 3.86. The molecule has 0 atom stereocenters. The van der Waals surface area contributed by atoms with Crippen molar-refractivity contribution in [3.63, 3.8) is 0 Å². The fraction of sp³-hybridized carbons (Fsp3) is 0.526. The summed E-state index contributed by atoms with van der Waals surface area (Å²) in [7, 11) is 0. The normalized spacial score (nSPS) is 11.8. The van der Waals surface area contributed by atoms with Crippen molar-refractivity contribution in [2.24, 2.45) is 4.99 Å². The largest absolute Gasteiger partial charge is 0.357 e. The molecule has 0 amide bonds. The summed E-state index contributed by atoms with van der Waals surface area (Å²) >= 11 is 0. The second-order valence-corrected chi connectivity index (χ2v) is 6.51. The lowest BCUT2D eigenvalue weighted by Gasteiger charge is -2.11. The van der Waals surface area contributed by atoms with E-state index in [2.05, 4.69) is 25.8 Å². The van der Waals surface area contributed by atoms with Gasteiger partial charge in [-0.1, -0.05) is 31.1 Å². The van der Waals surface area contributed by atoms with Gasteiger partial charge in [0.1, 0.15) is 5.82 Å². The predicted molar refractivity (Wildman–Crippen MR) is 101 cm³/mol. The van der Waals surface area contributed by atoms with E-state index in [0.29, 0.717) is 24.0 Å². The van der Waals surface area contributed by atoms with Crippen LogP contribution in [-0.2, 0) is 13.0 Å². The second-order valence-electron chi connectivity index (χ2n) is 6.51. The SMILES string of the molecule is CCNC(=NCc1ccc(C)c(F)c1)NCCCc1nc(C(C)C)no1. The summed E-state index contributed by atoms with van der Waals surface area (Å²) < 4.78 is 18.8. The topological polar surface area (TPSA) is 75.3 Å². The number of benzene rings is 1. The minimum atomic E-state index is -0.198. The summed E-state index contributed by atoms with van der Waals surface area (Å²) in [5, 5.41) is 10.4. The number of nitrogens with one attached hydrogen (secondary N) is 2. The Bertz CT molecular complexity index is 726. The molecule has 0 aliphatic heterocycles. The van der Waals surface area contributed by atoms with E-state index in [0.717, 1.165) is 37.3 Å². The van der Waals surface area contributed by atoms with Gasteiger partial charge in [-0.3, -0.25) is 0 Å². The molecule has 2 rings (SSSR count). The fourth-order valence-electron chi connectivity index (χ4n) is 2.30. The lowest BCUT2D eigenvalue weighted by atomic mass is 10.1. The molecule has 0 aliphatic carbocycles. The molecule has 0 saturated heterocycles. The third-order valence-electron chi connectivity index (χ3n) is 3.86. The summed E-state index contributed by atoms with van der Waals surface area (Å²) in [6.07, 6.45) is 1.57. The van der Waals surface area contributed by atoms with E-state index in [9.17, 15) is 4.39 Å². The third kappa shape index (κ3) is 6.13. The Hall–Kier alpha value is -2.44. The van der Waals surface area contributed by atoms with Crippen LogP contribution < -0.4 is 10.6 Å². The average molecular weight is 361 g/mol. The number of guanidine groups is 1. The fourth-order valence-corrected chi connectivity index (χ4v) is 2.30. The highest BCUT2D eigenvalue weighted by molar-refractivity contribution is 5.79. The molecule has 0 unspecified atom stereocenters. The Labute approximate surface area is 154 Å². The molecule has 0 radical (unpaired) electrons. The van der Waals surface area contributed by atoms with Crippen molar-refractivity contribution in [3.8, 4) is 0 Å². The molecule has 2 aromatic rings. The van der Waals surface area contributed by atoms with Crippen LogP contribution in [0.25, 0.3) is 0 Å². The van der Waals surface area contributed by atoms with Crippen LogP contribution in [0.4, 0.5) is 4.39 Å². The lowest BCUT2D eigenvalue weighted by Crippen LogP contribution is -2.37. The van der Waals surface area contributed by atoms with Gasteiger partial charge in [0.05, 0.1) is 6.54 Å². The summed E-state index contributed by atoms with van der Waals surface area (Å²) in [4.78, 5) is 8.87. The maximum Gasteiger partial charge on any atom is 0.226 e. The standard InChI is InChI=1S/C19H28FN5O/c1-5-21-19(23-12-15-9-8-14(4)16(20)11-15)22-10-6-7-17-24-18(13(2)3)25-26-17/h8-9,11,13H,5-7,10,12H2,1-4H3,(H2,21,22,23). The van der Waals surface area contributed by atoms with Crippen molar-refractivity contribution in [2.45, 2.75) is 53.0 Å². The van der Waals surface area contributed by atoms with Crippen LogP contribution in [0.5, 0.6) is 0 Å². The number of aryl methyl sites for hydroxylation is 2. The quantitative estimate of drug-likeness (QED) is 0.428. The highest BCUT2D eigenvalue weighted by Crippen LogP contribution is 2.11. The first-order valence-electron chi connectivity index (χ1n) is 9.09. The van der Waals surface area contributed by atoms with Gasteiger partial charge in [0.25, 0.3) is 0 Å². The first-order chi connectivity index (χ1) is 12.5. The van der Waals surface area contributed by atoms with Crippen LogP contribution in [0.1, 0.15) is 56.0 Å². The van der Waals surface area contributed by atoms with Gasteiger partial charge in [-0.05, 0) is 37.5 Å². The maximum atomic E-state index is 13.6. The van der Waals surface area contributed by atoms with E-state index in [-0.39, 0.29) is 11.7 Å². The van der Waals surface area contributed by atoms with Gasteiger partial charge < -0.3 is 15.2 Å². The Kier molecular flexibility index (Phi) is 7.56. The minimum Gasteiger partial charge on any atom is -0.357 e. The summed E-state index contributed by atoms with van der Waals surface area (Å²) in [5.74, 6) is 2.18. The van der Waals surface area contributed by atoms with Gasteiger partial charge >= 0.3 is 0 Å². The number of hydrogen-bond donors (Lipinski definition) is 2. The van der Waals surface area contributed by atoms with Crippen molar-refractivity contribution < 1.29 is 8.91 Å². The van der Waals surface area contributed by atoms with Crippen molar-refractivity contribution in [1.82, 2.24) is 20.8 Å². The van der Waals surface area contributed by atoms with Crippen molar-refractivity contribution >= 4 is 5.96 Å². The molecular formula is C19H28FN5O. The van der Waals surface area contributed by atoms with Crippen LogP contribution in [0, 0.1) is 12.7 Å². The van der Waals surface area contributed by atoms with Crippen molar-refractivity contribution in [3.05, 3.63) is 46.9 Å². The summed E-state index contributed by atoms with van der Waals surface area (Å²) in [6, 6.07) is 5.20. The molecular weight excluding hydrogens is 333 g/mol. The lowest BCUT2D eigenvalue weighted by molar-refractivity contribution is 0.368. The van der Waals surface area contributed by atoms with Crippen LogP contribution in [0.15, 0.2) is 27.7 Å². The zero-order valence-corrected chi connectivity index (χ0v) is 16.0. The Morgan fingerprint density at radius 1 is 1.31 bits per heavy atom. The van der Waals surface area contributed by atoms with Crippen LogP contribution >= 0.6 is 0 Å². The van der Waals surface area contributed by atoms with E-state index in [4.69, 9.17) is 4.52 Å². The van der Waals surface area contributed by atoms with Gasteiger partial charge in [0.2, 0.25) is 5.89 Å². The summed E-state index contributed by atoms with van der Waals surface area (Å²) in [6.45, 7) is 9.75. The number of hydrogen-bond acceptors (Lipinski definition) is 4. The smallest absolute Gasteiger partial charge is 0.226 e. The zero-order chi connectivity index (χ0) is 18.9. The zero-order valence-electron chi connectivity index (χ0n) is 16.0. The van der Waals surface area contributed by atoms with Gasteiger partial charge in [0, 0.05) is 25.4 Å². The number of rotatable bonds is 8. The number of nitrogens with zero attached hydrogens (tertiary/aromatic N) is 3. The Balaban J connectivity index is 1.81. The van der Waals surface area contributed by atoms with E-state index < -0.39 is 0 Å². The van der Waals surface area contributed by atoms with Gasteiger partial charge in [0.15, 0.2) is 11.8 Å². The molecule has 0 bridgehead atoms. The molecule has 1 aromatic carbocycles. The molecule has 0 spiro atoms. The van der Waals surface area contributed by atoms with E-state index in [1.54, 1.807) is 13.0 Å². The predicted octanol–water partition coefficient (Wildman–Crippen LogP) is 3.33. The first kappa shape index (κ1) is 19.9.